The van der Waals surface area contributed by atoms with Gasteiger partial charge in [0.05, 0.1) is 47.2 Å². The van der Waals surface area contributed by atoms with Gasteiger partial charge in [0.2, 0.25) is 23.1 Å². The van der Waals surface area contributed by atoms with Gasteiger partial charge in [0.25, 0.3) is 11.8 Å². The Bertz CT molecular complexity index is 2530. The number of fused-ring (bicyclic) bond motifs is 4. The highest BCUT2D eigenvalue weighted by atomic mass is 16.6. The second-order valence-corrected chi connectivity index (χ2v) is 21.1. The van der Waals surface area contributed by atoms with E-state index in [0.717, 1.165) is 12.2 Å². The number of Topliss-reactive ketones (excluding diaryl/α,β-unsaturated/α-hetero) is 2. The fourth-order valence-electron chi connectivity index (χ4n) is 10.1. The van der Waals surface area contributed by atoms with Crippen molar-refractivity contribution in [2.75, 3.05) is 41.5 Å². The molecule has 2 aliphatic carbocycles. The molecule has 81 heavy (non-hydrogen) atoms. The van der Waals surface area contributed by atoms with Crippen molar-refractivity contribution < 1.29 is 77.0 Å². The Kier molecular flexibility index (Phi) is 25.6. The first-order valence-corrected chi connectivity index (χ1v) is 26.9. The minimum Gasteiger partial charge on any atom is -0.439 e. The molecule has 0 aromatic carbocycles. The molecule has 0 radical (unpaired) electrons. The maximum absolute atomic E-state index is 14.4. The predicted molar refractivity (Wildman–Crippen MR) is 300 cm³/mol. The molecule has 0 spiro atoms. The summed E-state index contributed by atoms with van der Waals surface area (Å²) in [6.07, 6.45) is 5.74. The molecule has 444 valence electrons. The summed E-state index contributed by atoms with van der Waals surface area (Å²) in [5.74, 6) is -5.62. The number of allylic oxidation sites excluding steroid dienone is 8. The van der Waals surface area contributed by atoms with E-state index < -0.39 is 108 Å². The van der Waals surface area contributed by atoms with Crippen LogP contribution in [0, 0.1) is 23.7 Å². The van der Waals surface area contributed by atoms with Gasteiger partial charge in [0, 0.05) is 87.8 Å². The molecule has 0 saturated carbocycles. The number of carbonyl (C=O) groups is 8. The smallest absolute Gasteiger partial charge is 0.405 e. The highest BCUT2D eigenvalue weighted by Crippen LogP contribution is 2.31. The number of methoxy groups -OCH3 is 4. The molecule has 10 N–H and O–H groups in total. The molecular weight excluding hydrogens is 1050 g/mol. The standard InChI is InChI=1S/C59H82N6O16/c1-30-22-38-48(42(66)28-40(52(38)70)64-56(72)32(3)16-13-18-44(76-9)54(80-58(60)74)36(7)26-34(5)50(68)46(24-30)78-11)62-20-15-21-63-49-39-23-31(2)25-47(79-12)51(69)35(6)27-37(8)55(81-59(61)75)45(77-10)19-14-17-33(4)57(73)65-41(53(39)71)29-43(49)67/h13-14,16-19,26-31,34-35,44-47,50-51,54-55,62-63,68-69H,15,20-25H2,1-12H3,(H2,60,74)(H2,61,75)(H,64,72)(H,65,73)/b18-13-,19-14+,32-16+,33-17-,36-26+,37-27+/t30-,31-,34+,35+,44+,45+,46+,47+,50-,51-,54+,55+/m1/s1. The molecule has 2 heterocycles. The lowest BCUT2D eigenvalue weighted by molar-refractivity contribution is -0.120. The van der Waals surface area contributed by atoms with E-state index in [4.69, 9.17) is 39.9 Å². The van der Waals surface area contributed by atoms with Gasteiger partial charge < -0.3 is 71.4 Å². The third-order valence-electron chi connectivity index (χ3n) is 14.5. The van der Waals surface area contributed by atoms with Crippen LogP contribution in [0.15, 0.2) is 117 Å². The Morgan fingerprint density at radius 2 is 0.951 bits per heavy atom. The van der Waals surface area contributed by atoms with Gasteiger partial charge in [-0.3, -0.25) is 28.8 Å². The molecule has 22 nitrogen and oxygen atoms in total. The quantitative estimate of drug-likeness (QED) is 0.0774. The van der Waals surface area contributed by atoms with Crippen LogP contribution >= 0.6 is 0 Å². The van der Waals surface area contributed by atoms with E-state index in [0.29, 0.717) is 11.1 Å². The predicted octanol–water partition coefficient (Wildman–Crippen LogP) is 4.11. The maximum atomic E-state index is 14.4. The third kappa shape index (κ3) is 18.5. The Hall–Kier alpha value is -7.08. The number of nitrogens with one attached hydrogen (secondary N) is 4. The first-order valence-electron chi connectivity index (χ1n) is 26.9. The number of carbonyl (C=O) groups excluding carboxylic acids is 8. The summed E-state index contributed by atoms with van der Waals surface area (Å²) >= 11 is 0. The summed E-state index contributed by atoms with van der Waals surface area (Å²) < 4.78 is 33.7. The fraction of sp³-hybridized carbons (Fsp3) is 0.525. The normalized spacial score (nSPS) is 32.7. The van der Waals surface area contributed by atoms with Gasteiger partial charge in [0.15, 0.2) is 12.2 Å². The monoisotopic (exact) mass is 1130 g/mol. The van der Waals surface area contributed by atoms with Gasteiger partial charge in [-0.15, -0.1) is 0 Å². The molecule has 0 fully saturated rings. The van der Waals surface area contributed by atoms with Gasteiger partial charge in [-0.2, -0.15) is 0 Å². The number of hydrogen-bond acceptors (Lipinski definition) is 18. The average molecular weight is 1130 g/mol. The van der Waals surface area contributed by atoms with Crippen LogP contribution in [0.1, 0.15) is 87.5 Å². The van der Waals surface area contributed by atoms with Crippen LogP contribution in [0.25, 0.3) is 0 Å². The van der Waals surface area contributed by atoms with Gasteiger partial charge in [-0.05, 0) is 82.8 Å². The highest BCUT2D eigenvalue weighted by Gasteiger charge is 2.36. The second-order valence-electron chi connectivity index (χ2n) is 21.1. The molecular formula is C59H82N6O16. The molecule has 4 aliphatic rings. The highest BCUT2D eigenvalue weighted by molar-refractivity contribution is 6.24. The number of hydrogen-bond donors (Lipinski definition) is 8. The SMILES string of the molecule is CO[C@H]1/C=C\C=C(/C)C(=O)NC2=CC(=O)C(NCCCNC3=C4C[C@@H](C)C[C@H](OC)[C@H](O)[C@@H](C)/C=C(\C)[C@H](OC(N)=O)[C@@H](OC)/C=C/C=C(/C)C(=O)NC(=CC3=O)C4=O)=C(C[C@@H](C)C[C@H](OC)[C@H](O)[C@@H](C)/C=C(\C)[C@@H]1OC(N)=O)C2=O. The summed E-state index contributed by atoms with van der Waals surface area (Å²) in [6, 6.07) is 0. The Morgan fingerprint density at radius 1 is 0.593 bits per heavy atom. The first-order chi connectivity index (χ1) is 38.3. The topological polar surface area (TPSA) is 333 Å². The zero-order valence-electron chi connectivity index (χ0n) is 48.4. The van der Waals surface area contributed by atoms with Gasteiger partial charge >= 0.3 is 12.2 Å². The number of rotatable bonds is 12. The molecule has 0 aromatic heterocycles. The summed E-state index contributed by atoms with van der Waals surface area (Å²) in [5.41, 5.74) is 11.9. The largest absolute Gasteiger partial charge is 0.439 e. The van der Waals surface area contributed by atoms with Crippen molar-refractivity contribution in [2.45, 2.75) is 136 Å². The van der Waals surface area contributed by atoms with Crippen LogP contribution in [0.4, 0.5) is 9.59 Å². The Morgan fingerprint density at radius 3 is 1.27 bits per heavy atom. The van der Waals surface area contributed by atoms with Crippen LogP contribution in [0.5, 0.6) is 0 Å². The van der Waals surface area contributed by atoms with E-state index in [-0.39, 0.29) is 102 Å². The lowest BCUT2D eigenvalue weighted by atomic mass is 9.85. The van der Waals surface area contributed by atoms with Crippen LogP contribution in [0.2, 0.25) is 0 Å². The van der Waals surface area contributed by atoms with Crippen molar-refractivity contribution >= 4 is 47.1 Å². The van der Waals surface area contributed by atoms with Gasteiger partial charge in [0.1, 0.15) is 12.2 Å². The summed E-state index contributed by atoms with van der Waals surface area (Å²) in [4.78, 5) is 108. The van der Waals surface area contributed by atoms with Crippen LogP contribution in [-0.2, 0) is 57.2 Å². The molecule has 22 heteroatoms. The van der Waals surface area contributed by atoms with Crippen molar-refractivity contribution in [3.05, 3.63) is 117 Å². The van der Waals surface area contributed by atoms with Crippen molar-refractivity contribution in [2.24, 2.45) is 35.1 Å². The van der Waals surface area contributed by atoms with Crippen LogP contribution in [-0.4, -0.2) is 148 Å². The molecule has 12 atom stereocenters. The maximum Gasteiger partial charge on any atom is 0.405 e. The van der Waals surface area contributed by atoms with E-state index in [2.05, 4.69) is 21.3 Å². The third-order valence-corrected chi connectivity index (χ3v) is 14.5. The number of aliphatic hydroxyl groups is 2. The molecule has 0 saturated heterocycles. The molecule has 4 amide bonds. The number of aliphatic hydroxyl groups excluding tert-OH is 2. The second kappa shape index (κ2) is 31.2. The lowest BCUT2D eigenvalue weighted by Crippen LogP contribution is -2.38. The fourth-order valence-corrected chi connectivity index (χ4v) is 10.1. The van der Waals surface area contributed by atoms with Crippen molar-refractivity contribution in [3.63, 3.8) is 0 Å². The molecule has 4 bridgehead atoms. The van der Waals surface area contributed by atoms with Crippen LogP contribution < -0.4 is 32.7 Å². The number of ketones is 4. The zero-order chi connectivity index (χ0) is 60.4. The molecule has 4 rings (SSSR count). The summed E-state index contributed by atoms with van der Waals surface area (Å²) in [6.45, 7) is 13.8. The number of primary amides is 2. The van der Waals surface area contributed by atoms with E-state index in [1.807, 2.05) is 13.8 Å². The minimum absolute atomic E-state index is 0.00642. The Balaban J connectivity index is 1.65. The van der Waals surface area contributed by atoms with Crippen LogP contribution in [0.3, 0.4) is 0 Å². The molecule has 0 unspecified atom stereocenters. The number of ether oxygens (including phenoxy) is 6. The van der Waals surface area contributed by atoms with E-state index in [1.54, 1.807) is 52.0 Å². The summed E-state index contributed by atoms with van der Waals surface area (Å²) in [5, 5.41) is 34.6. The van der Waals surface area contributed by atoms with E-state index in [1.165, 1.54) is 66.6 Å². The first kappa shape index (κ1) is 66.4. The summed E-state index contributed by atoms with van der Waals surface area (Å²) in [7, 11) is 5.69. The van der Waals surface area contributed by atoms with Gasteiger partial charge in [-0.25, -0.2) is 9.59 Å². The van der Waals surface area contributed by atoms with Crippen molar-refractivity contribution in [1.82, 2.24) is 21.3 Å². The van der Waals surface area contributed by atoms with E-state index in [9.17, 15) is 48.6 Å². The van der Waals surface area contributed by atoms with Gasteiger partial charge in [-0.1, -0.05) is 76.3 Å². The zero-order valence-corrected chi connectivity index (χ0v) is 48.4. The van der Waals surface area contributed by atoms with Crippen molar-refractivity contribution in [1.29, 1.82) is 0 Å². The molecule has 0 aromatic rings. The van der Waals surface area contributed by atoms with Crippen molar-refractivity contribution in [3.8, 4) is 0 Å². The number of nitrogens with two attached hydrogens (primary N) is 2. The lowest BCUT2D eigenvalue weighted by Gasteiger charge is -2.30. The average Bonchev–Trinajstić information content (AvgIpc) is 3.44. The minimum atomic E-state index is -1.09. The Labute approximate surface area is 473 Å². The van der Waals surface area contributed by atoms with E-state index >= 15 is 0 Å². The molecule has 2 aliphatic heterocycles. The number of amides is 4.